The number of hydrogen-bond acceptors (Lipinski definition) is 4. The van der Waals surface area contributed by atoms with E-state index in [1.807, 2.05) is 0 Å². The highest BCUT2D eigenvalue weighted by molar-refractivity contribution is 5.89. The summed E-state index contributed by atoms with van der Waals surface area (Å²) in [5, 5.41) is 3.12. The van der Waals surface area contributed by atoms with Crippen LogP contribution in [0.5, 0.6) is 0 Å². The van der Waals surface area contributed by atoms with Crippen LogP contribution < -0.4 is 10.2 Å². The van der Waals surface area contributed by atoms with Gasteiger partial charge in [0.2, 0.25) is 5.91 Å². The second-order valence-electron chi connectivity index (χ2n) is 7.83. The minimum absolute atomic E-state index is 0.0347. The first-order valence-corrected chi connectivity index (χ1v) is 9.61. The van der Waals surface area contributed by atoms with Crippen molar-refractivity contribution >= 4 is 17.8 Å². The molecular formula is C19H22F3N3O3. The Balaban J connectivity index is 1.45. The lowest BCUT2D eigenvalue weighted by atomic mass is 9.74. The third-order valence-corrected chi connectivity index (χ3v) is 5.98. The summed E-state index contributed by atoms with van der Waals surface area (Å²) < 4.78 is 43.8. The van der Waals surface area contributed by atoms with E-state index in [1.165, 1.54) is 18.7 Å². The van der Waals surface area contributed by atoms with Crippen molar-refractivity contribution in [2.75, 3.05) is 11.5 Å². The van der Waals surface area contributed by atoms with Crippen LogP contribution >= 0.6 is 0 Å². The molecule has 4 rings (SSSR count). The maximum Gasteiger partial charge on any atom is 0.416 e. The van der Waals surface area contributed by atoms with Gasteiger partial charge < -0.3 is 10.1 Å². The molecule has 0 bridgehead atoms. The third kappa shape index (κ3) is 3.66. The Labute approximate surface area is 160 Å². The summed E-state index contributed by atoms with van der Waals surface area (Å²) in [4.78, 5) is 28.7. The van der Waals surface area contributed by atoms with Crippen molar-refractivity contribution in [3.8, 4) is 0 Å². The minimum atomic E-state index is -4.59. The van der Waals surface area contributed by atoms with Gasteiger partial charge in [0.15, 0.2) is 6.04 Å². The number of nitrogens with zero attached hydrogens (tertiary/aromatic N) is 2. The van der Waals surface area contributed by atoms with Crippen molar-refractivity contribution in [2.45, 2.75) is 56.8 Å². The minimum Gasteiger partial charge on any atom is -0.447 e. The molecule has 3 heterocycles. The largest absolute Gasteiger partial charge is 0.447 e. The molecule has 0 radical (unpaired) electrons. The SMILES string of the molecule is O=C1NC2CCCCC2CC1Cc1ccc(N2C(=O)OC[C@@H]2C(F)(F)F)nc1. The lowest BCUT2D eigenvalue weighted by molar-refractivity contribution is -0.147. The van der Waals surface area contributed by atoms with Crippen molar-refractivity contribution in [2.24, 2.45) is 11.8 Å². The van der Waals surface area contributed by atoms with Crippen molar-refractivity contribution in [3.05, 3.63) is 23.9 Å². The summed E-state index contributed by atoms with van der Waals surface area (Å²) in [6.07, 6.45) is 1.58. The second-order valence-corrected chi connectivity index (χ2v) is 7.83. The lowest BCUT2D eigenvalue weighted by Crippen LogP contribution is -2.51. The number of aromatic nitrogens is 1. The molecule has 1 aromatic rings. The average molecular weight is 397 g/mol. The number of amides is 2. The molecule has 1 aliphatic carbocycles. The Hall–Kier alpha value is -2.32. The van der Waals surface area contributed by atoms with Gasteiger partial charge in [-0.25, -0.2) is 14.7 Å². The fraction of sp³-hybridized carbons (Fsp3) is 0.632. The molecule has 9 heteroatoms. The zero-order chi connectivity index (χ0) is 19.9. The maximum atomic E-state index is 13.1. The molecule has 1 aromatic heterocycles. The van der Waals surface area contributed by atoms with Crippen LogP contribution in [0.25, 0.3) is 0 Å². The lowest BCUT2D eigenvalue weighted by Gasteiger charge is -2.39. The molecule has 28 heavy (non-hydrogen) atoms. The van der Waals surface area contributed by atoms with Crippen LogP contribution in [0.2, 0.25) is 0 Å². The number of fused-ring (bicyclic) bond motifs is 1. The first-order chi connectivity index (χ1) is 13.3. The molecule has 4 atom stereocenters. The number of pyridine rings is 1. The Morgan fingerprint density at radius 1 is 1.21 bits per heavy atom. The summed E-state index contributed by atoms with van der Waals surface area (Å²) in [7, 11) is 0. The molecule has 2 saturated heterocycles. The Morgan fingerprint density at radius 3 is 2.71 bits per heavy atom. The molecular weight excluding hydrogens is 375 g/mol. The van der Waals surface area contributed by atoms with Gasteiger partial charge in [-0.2, -0.15) is 13.2 Å². The Kier molecular flexibility index (Phi) is 4.93. The highest BCUT2D eigenvalue weighted by Gasteiger charge is 2.52. The zero-order valence-corrected chi connectivity index (χ0v) is 15.2. The zero-order valence-electron chi connectivity index (χ0n) is 15.2. The van der Waals surface area contributed by atoms with E-state index in [-0.39, 0.29) is 23.7 Å². The third-order valence-electron chi connectivity index (χ3n) is 5.98. The number of ether oxygens (including phenoxy) is 1. The summed E-state index contributed by atoms with van der Waals surface area (Å²) in [6.45, 7) is -0.740. The molecule has 6 nitrogen and oxygen atoms in total. The van der Waals surface area contributed by atoms with E-state index in [1.54, 1.807) is 6.07 Å². The highest BCUT2D eigenvalue weighted by Crippen LogP contribution is 2.35. The first-order valence-electron chi connectivity index (χ1n) is 9.61. The van der Waals surface area contributed by atoms with Gasteiger partial charge in [-0.1, -0.05) is 18.9 Å². The smallest absolute Gasteiger partial charge is 0.416 e. The summed E-state index contributed by atoms with van der Waals surface area (Å²) in [5.74, 6) is 0.267. The number of nitrogens with one attached hydrogen (secondary N) is 1. The monoisotopic (exact) mass is 397 g/mol. The van der Waals surface area contributed by atoms with E-state index < -0.39 is 24.9 Å². The van der Waals surface area contributed by atoms with Gasteiger partial charge in [0.25, 0.3) is 0 Å². The van der Waals surface area contributed by atoms with E-state index in [0.29, 0.717) is 17.2 Å². The quantitative estimate of drug-likeness (QED) is 0.850. The van der Waals surface area contributed by atoms with Crippen molar-refractivity contribution in [1.29, 1.82) is 0 Å². The van der Waals surface area contributed by atoms with Gasteiger partial charge in [0.1, 0.15) is 12.4 Å². The molecule has 152 valence electrons. The van der Waals surface area contributed by atoms with E-state index in [0.717, 1.165) is 31.2 Å². The summed E-state index contributed by atoms with van der Waals surface area (Å²) in [5.41, 5.74) is 0.759. The van der Waals surface area contributed by atoms with Gasteiger partial charge in [-0.05, 0) is 43.2 Å². The first kappa shape index (κ1) is 19.0. The molecule has 2 amide bonds. The van der Waals surface area contributed by atoms with E-state index in [4.69, 9.17) is 0 Å². The molecule has 2 aliphatic heterocycles. The molecule has 0 aromatic carbocycles. The number of piperidine rings is 1. The Morgan fingerprint density at radius 2 is 2.00 bits per heavy atom. The number of carbonyl (C=O) groups is 2. The van der Waals surface area contributed by atoms with Crippen LogP contribution in [0.1, 0.15) is 37.7 Å². The standard InChI is InChI=1S/C19H22F3N3O3/c20-19(21,22)15-10-28-18(27)25(15)16-6-5-11(9-23-16)7-13-8-12-3-1-2-4-14(12)24-17(13)26/h5-6,9,12-15H,1-4,7-8,10H2,(H,24,26)/t12?,13?,14?,15-/m1/s1. The number of rotatable bonds is 3. The van der Waals surface area contributed by atoms with Crippen molar-refractivity contribution in [3.63, 3.8) is 0 Å². The van der Waals surface area contributed by atoms with Crippen LogP contribution in [0.3, 0.4) is 0 Å². The van der Waals surface area contributed by atoms with Crippen molar-refractivity contribution < 1.29 is 27.5 Å². The van der Waals surface area contributed by atoms with Gasteiger partial charge in [-0.3, -0.25) is 4.79 Å². The van der Waals surface area contributed by atoms with Crippen LogP contribution in [-0.2, 0) is 16.0 Å². The van der Waals surface area contributed by atoms with E-state index in [2.05, 4.69) is 15.0 Å². The van der Waals surface area contributed by atoms with Gasteiger partial charge in [-0.15, -0.1) is 0 Å². The fourth-order valence-electron chi connectivity index (χ4n) is 4.51. The molecule has 0 spiro atoms. The summed E-state index contributed by atoms with van der Waals surface area (Å²) in [6, 6.07) is 1.25. The number of halogens is 3. The molecule has 3 unspecified atom stereocenters. The number of hydrogen-bond donors (Lipinski definition) is 1. The van der Waals surface area contributed by atoms with Crippen LogP contribution in [0, 0.1) is 11.8 Å². The van der Waals surface area contributed by atoms with Crippen LogP contribution in [-0.4, -0.2) is 41.9 Å². The van der Waals surface area contributed by atoms with E-state index >= 15 is 0 Å². The molecule has 3 fully saturated rings. The average Bonchev–Trinajstić information content (AvgIpc) is 3.05. The number of carbonyl (C=O) groups excluding carboxylic acids is 2. The topological polar surface area (TPSA) is 71.5 Å². The number of alkyl halides is 3. The molecule has 1 N–H and O–H groups in total. The van der Waals surface area contributed by atoms with Crippen LogP contribution in [0.15, 0.2) is 18.3 Å². The fourth-order valence-corrected chi connectivity index (χ4v) is 4.51. The van der Waals surface area contributed by atoms with Gasteiger partial charge in [0.05, 0.1) is 0 Å². The maximum absolute atomic E-state index is 13.1. The molecule has 3 aliphatic rings. The Bertz CT molecular complexity index is 753. The highest BCUT2D eigenvalue weighted by atomic mass is 19.4. The predicted molar refractivity (Wildman–Crippen MR) is 93.6 cm³/mol. The number of cyclic esters (lactones) is 1. The second kappa shape index (κ2) is 7.25. The van der Waals surface area contributed by atoms with Crippen molar-refractivity contribution in [1.82, 2.24) is 10.3 Å². The van der Waals surface area contributed by atoms with Crippen LogP contribution in [0.4, 0.5) is 23.8 Å². The normalized spacial score (nSPS) is 30.6. The number of anilines is 1. The van der Waals surface area contributed by atoms with Gasteiger partial charge in [0, 0.05) is 18.2 Å². The molecule has 1 saturated carbocycles. The van der Waals surface area contributed by atoms with Gasteiger partial charge >= 0.3 is 12.3 Å². The predicted octanol–water partition coefficient (Wildman–Crippen LogP) is 3.21. The van der Waals surface area contributed by atoms with E-state index in [9.17, 15) is 22.8 Å². The summed E-state index contributed by atoms with van der Waals surface area (Å²) >= 11 is 0.